The SMILES string of the molecule is COc1ccc(S(=O)(=O)N(CC2CCCC2)C(=O)C(=O)C(=O)[C@@H](Cc2ccccc2)N(C(=O)O)C(C)(C)C)cc1. The molecule has 0 bridgehead atoms. The van der Waals surface area contributed by atoms with Crippen LogP contribution in [0.3, 0.4) is 0 Å². The van der Waals surface area contributed by atoms with Gasteiger partial charge in [0.05, 0.1) is 12.0 Å². The zero-order valence-electron chi connectivity index (χ0n) is 23.2. The second kappa shape index (κ2) is 12.6. The summed E-state index contributed by atoms with van der Waals surface area (Å²) in [7, 11) is -3.09. The number of carbonyl (C=O) groups excluding carboxylic acids is 3. The fourth-order valence-electron chi connectivity index (χ4n) is 4.99. The van der Waals surface area contributed by atoms with Crippen LogP contribution in [-0.2, 0) is 30.8 Å². The van der Waals surface area contributed by atoms with Crippen LogP contribution in [0.1, 0.15) is 52.0 Å². The van der Waals surface area contributed by atoms with Crippen LogP contribution in [-0.4, -0.2) is 71.5 Å². The van der Waals surface area contributed by atoms with Crippen molar-refractivity contribution in [1.29, 1.82) is 0 Å². The van der Waals surface area contributed by atoms with Gasteiger partial charge in [0, 0.05) is 18.5 Å². The van der Waals surface area contributed by atoms with Crippen LogP contribution in [0.5, 0.6) is 5.75 Å². The van der Waals surface area contributed by atoms with E-state index in [1.807, 2.05) is 0 Å². The van der Waals surface area contributed by atoms with E-state index < -0.39 is 45.2 Å². The molecule has 2 amide bonds. The van der Waals surface area contributed by atoms with Crippen LogP contribution in [0, 0.1) is 5.92 Å². The molecule has 1 N–H and O–H groups in total. The smallest absolute Gasteiger partial charge is 0.408 e. The molecule has 0 aromatic heterocycles. The molecule has 0 aliphatic heterocycles. The van der Waals surface area contributed by atoms with E-state index >= 15 is 0 Å². The van der Waals surface area contributed by atoms with Crippen molar-refractivity contribution in [3.63, 3.8) is 0 Å². The van der Waals surface area contributed by atoms with Crippen molar-refractivity contribution in [2.24, 2.45) is 5.92 Å². The first kappa shape index (κ1) is 30.8. The molecule has 0 spiro atoms. The lowest BCUT2D eigenvalue weighted by molar-refractivity contribution is -0.149. The summed E-state index contributed by atoms with van der Waals surface area (Å²) in [6.07, 6.45) is 1.46. The predicted octanol–water partition coefficient (Wildman–Crippen LogP) is 3.93. The summed E-state index contributed by atoms with van der Waals surface area (Å²) in [6.45, 7) is 4.45. The largest absolute Gasteiger partial charge is 0.497 e. The highest BCUT2D eigenvalue weighted by atomic mass is 32.2. The highest BCUT2D eigenvalue weighted by Gasteiger charge is 2.45. The first-order valence-electron chi connectivity index (χ1n) is 13.1. The van der Waals surface area contributed by atoms with Gasteiger partial charge in [0.15, 0.2) is 0 Å². The van der Waals surface area contributed by atoms with Crippen LogP contribution < -0.4 is 4.74 Å². The number of carbonyl (C=O) groups is 4. The summed E-state index contributed by atoms with van der Waals surface area (Å²) in [5, 5.41) is 10.0. The van der Waals surface area contributed by atoms with Crippen molar-refractivity contribution in [1.82, 2.24) is 9.21 Å². The lowest BCUT2D eigenvalue weighted by atomic mass is 9.93. The number of nitrogens with zero attached hydrogens (tertiary/aromatic N) is 2. The van der Waals surface area contributed by atoms with Gasteiger partial charge in [0.25, 0.3) is 15.8 Å². The number of amides is 2. The quantitative estimate of drug-likeness (QED) is 0.316. The summed E-state index contributed by atoms with van der Waals surface area (Å²) >= 11 is 0. The third kappa shape index (κ3) is 7.07. The van der Waals surface area contributed by atoms with E-state index in [2.05, 4.69) is 0 Å². The Morgan fingerprint density at radius 1 is 0.975 bits per heavy atom. The fraction of sp³-hybridized carbons (Fsp3) is 0.448. The first-order chi connectivity index (χ1) is 18.8. The summed E-state index contributed by atoms with van der Waals surface area (Å²) in [5.74, 6) is -4.12. The van der Waals surface area contributed by atoms with Gasteiger partial charge in [-0.2, -0.15) is 0 Å². The lowest BCUT2D eigenvalue weighted by Crippen LogP contribution is -2.58. The molecule has 0 saturated heterocycles. The van der Waals surface area contributed by atoms with Crippen molar-refractivity contribution in [3.05, 3.63) is 60.2 Å². The van der Waals surface area contributed by atoms with E-state index in [0.717, 1.165) is 17.7 Å². The van der Waals surface area contributed by atoms with Crippen LogP contribution in [0.2, 0.25) is 0 Å². The number of ether oxygens (including phenoxy) is 1. The van der Waals surface area contributed by atoms with Crippen molar-refractivity contribution >= 4 is 33.6 Å². The molecule has 2 aromatic carbocycles. The predicted molar refractivity (Wildman–Crippen MR) is 147 cm³/mol. The van der Waals surface area contributed by atoms with Crippen molar-refractivity contribution in [3.8, 4) is 5.75 Å². The Balaban J connectivity index is 2.02. The molecular weight excluding hydrogens is 536 g/mol. The van der Waals surface area contributed by atoms with E-state index in [9.17, 15) is 32.7 Å². The summed E-state index contributed by atoms with van der Waals surface area (Å²) in [4.78, 5) is 53.6. The Kier molecular flexibility index (Phi) is 9.73. The van der Waals surface area contributed by atoms with Gasteiger partial charge in [0.2, 0.25) is 5.78 Å². The topological polar surface area (TPSA) is 138 Å². The maximum Gasteiger partial charge on any atom is 0.408 e. The van der Waals surface area contributed by atoms with Crippen LogP contribution in [0.4, 0.5) is 4.79 Å². The maximum atomic E-state index is 13.7. The molecule has 0 radical (unpaired) electrons. The number of hydrogen-bond acceptors (Lipinski definition) is 7. The van der Waals surface area contributed by atoms with Gasteiger partial charge < -0.3 is 9.84 Å². The van der Waals surface area contributed by atoms with Crippen LogP contribution in [0.25, 0.3) is 0 Å². The molecule has 1 aliphatic carbocycles. The molecule has 0 unspecified atom stereocenters. The zero-order valence-corrected chi connectivity index (χ0v) is 24.0. The second-order valence-corrected chi connectivity index (χ2v) is 12.8. The molecule has 1 saturated carbocycles. The molecule has 216 valence electrons. The van der Waals surface area contributed by atoms with Gasteiger partial charge in [-0.25, -0.2) is 17.5 Å². The number of rotatable bonds is 11. The van der Waals surface area contributed by atoms with E-state index in [4.69, 9.17) is 4.74 Å². The molecule has 40 heavy (non-hydrogen) atoms. The highest BCUT2D eigenvalue weighted by molar-refractivity contribution is 7.89. The number of hydrogen-bond donors (Lipinski definition) is 1. The van der Waals surface area contributed by atoms with Crippen LogP contribution in [0.15, 0.2) is 59.5 Å². The number of ketones is 2. The molecule has 10 nitrogen and oxygen atoms in total. The Bertz CT molecular complexity index is 1330. The molecule has 0 heterocycles. The summed E-state index contributed by atoms with van der Waals surface area (Å²) < 4.78 is 32.9. The molecule has 3 rings (SSSR count). The molecule has 2 aromatic rings. The summed E-state index contributed by atoms with van der Waals surface area (Å²) in [6, 6.07) is 12.3. The maximum absolute atomic E-state index is 13.7. The average molecular weight is 573 g/mol. The van der Waals surface area contributed by atoms with Gasteiger partial charge in [-0.1, -0.05) is 43.2 Å². The number of sulfonamides is 1. The minimum absolute atomic E-state index is 0.162. The van der Waals surface area contributed by atoms with Gasteiger partial charge in [0.1, 0.15) is 11.8 Å². The number of methoxy groups -OCH3 is 1. The van der Waals surface area contributed by atoms with Gasteiger partial charge >= 0.3 is 12.0 Å². The molecule has 1 fully saturated rings. The Labute approximate surface area is 235 Å². The van der Waals surface area contributed by atoms with Crippen LogP contribution >= 0.6 is 0 Å². The number of carboxylic acid groups (broad SMARTS) is 1. The van der Waals surface area contributed by atoms with Crippen molar-refractivity contribution in [2.45, 2.75) is 69.4 Å². The average Bonchev–Trinajstić information content (AvgIpc) is 3.43. The van der Waals surface area contributed by atoms with Gasteiger partial charge in [-0.3, -0.25) is 19.3 Å². The minimum Gasteiger partial charge on any atom is -0.497 e. The number of benzene rings is 2. The summed E-state index contributed by atoms with van der Waals surface area (Å²) in [5.41, 5.74) is -0.534. The molecule has 1 atom stereocenters. The molecule has 11 heteroatoms. The third-order valence-electron chi connectivity index (χ3n) is 7.01. The first-order valence-corrected chi connectivity index (χ1v) is 14.6. The van der Waals surface area contributed by atoms with E-state index in [1.54, 1.807) is 51.1 Å². The fourth-order valence-corrected chi connectivity index (χ4v) is 6.43. The molecular formula is C29H36N2O8S. The van der Waals surface area contributed by atoms with Gasteiger partial charge in [-0.05, 0) is 69.4 Å². The van der Waals surface area contributed by atoms with Gasteiger partial charge in [-0.15, -0.1) is 0 Å². The van der Waals surface area contributed by atoms with E-state index in [1.165, 1.54) is 31.4 Å². The number of Topliss-reactive ketones (excluding diaryl/α,β-unsaturated/α-hetero) is 2. The molecule has 1 aliphatic rings. The third-order valence-corrected chi connectivity index (χ3v) is 8.77. The van der Waals surface area contributed by atoms with E-state index in [0.29, 0.717) is 28.5 Å². The minimum atomic E-state index is -4.52. The van der Waals surface area contributed by atoms with Crippen molar-refractivity contribution < 1.29 is 37.4 Å². The monoisotopic (exact) mass is 572 g/mol. The van der Waals surface area contributed by atoms with Crippen molar-refractivity contribution in [2.75, 3.05) is 13.7 Å². The second-order valence-electron chi connectivity index (χ2n) is 10.9. The normalized spacial score (nSPS) is 14.8. The Hall–Kier alpha value is -3.73. The lowest BCUT2D eigenvalue weighted by Gasteiger charge is -2.38. The Morgan fingerprint density at radius 3 is 2.05 bits per heavy atom. The standard InChI is InChI=1S/C29H36N2O8S/c1-29(2,3)31(28(35)36)24(18-20-10-6-5-7-11-20)25(32)26(33)27(34)30(19-21-12-8-9-13-21)40(37,38)23-16-14-22(39-4)15-17-23/h5-7,10-11,14-17,21,24H,8-9,12-13,18-19H2,1-4H3,(H,35,36)/t24-/m1/s1. The zero-order chi connectivity index (χ0) is 29.7. The highest BCUT2D eigenvalue weighted by Crippen LogP contribution is 2.29. The van der Waals surface area contributed by atoms with E-state index in [-0.39, 0.29) is 23.8 Å². The Morgan fingerprint density at radius 2 is 1.55 bits per heavy atom.